The summed E-state index contributed by atoms with van der Waals surface area (Å²) < 4.78 is 11.8. The lowest BCUT2D eigenvalue weighted by Gasteiger charge is -2.11. The van der Waals surface area contributed by atoms with Gasteiger partial charge in [-0.3, -0.25) is 25.0 Å². The third-order valence-electron chi connectivity index (χ3n) is 4.52. The van der Waals surface area contributed by atoms with Crippen LogP contribution in [0.5, 0.6) is 17.2 Å². The number of carbonyl (C=O) groups excluding carboxylic acids is 1. The zero-order valence-electron chi connectivity index (χ0n) is 17.9. The van der Waals surface area contributed by atoms with Crippen LogP contribution in [0.1, 0.15) is 5.56 Å². The molecule has 35 heavy (non-hydrogen) atoms. The van der Waals surface area contributed by atoms with Gasteiger partial charge in [-0.1, -0.05) is 12.1 Å². The van der Waals surface area contributed by atoms with Crippen molar-refractivity contribution in [1.29, 1.82) is 5.26 Å². The summed E-state index contributed by atoms with van der Waals surface area (Å²) in [6, 6.07) is 16.4. The van der Waals surface area contributed by atoms with Gasteiger partial charge in [0.1, 0.15) is 11.6 Å². The summed E-state index contributed by atoms with van der Waals surface area (Å²) in [5.41, 5.74) is -0.241. The van der Waals surface area contributed by atoms with Crippen LogP contribution in [-0.4, -0.2) is 22.9 Å². The molecule has 12 heteroatoms. The number of nitro groups is 2. The van der Waals surface area contributed by atoms with Crippen LogP contribution in [0.3, 0.4) is 0 Å². The number of amides is 1. The van der Waals surface area contributed by atoms with Crippen LogP contribution in [0, 0.1) is 35.1 Å². The van der Waals surface area contributed by atoms with Crippen LogP contribution in [0.25, 0.3) is 6.08 Å². The predicted molar refractivity (Wildman–Crippen MR) is 134 cm³/mol. The highest BCUT2D eigenvalue weighted by atomic mass is 127. The molecule has 0 fully saturated rings. The minimum atomic E-state index is -0.794. The van der Waals surface area contributed by atoms with Gasteiger partial charge in [0.2, 0.25) is 5.75 Å². The summed E-state index contributed by atoms with van der Waals surface area (Å²) in [7, 11) is 1.34. The molecule has 0 aromatic heterocycles. The van der Waals surface area contributed by atoms with Gasteiger partial charge in [-0.05, 0) is 70.6 Å². The lowest BCUT2D eigenvalue weighted by Crippen LogP contribution is -2.13. The van der Waals surface area contributed by atoms with Gasteiger partial charge in [-0.2, -0.15) is 5.26 Å². The average molecular weight is 586 g/mol. The number of benzene rings is 3. The summed E-state index contributed by atoms with van der Waals surface area (Å²) in [4.78, 5) is 33.3. The van der Waals surface area contributed by atoms with Gasteiger partial charge in [-0.25, -0.2) is 0 Å². The molecule has 0 atom stereocenters. The molecule has 0 bridgehead atoms. The van der Waals surface area contributed by atoms with Crippen LogP contribution in [0.2, 0.25) is 0 Å². The molecule has 3 aromatic rings. The number of nitrogens with zero attached hydrogens (tertiary/aromatic N) is 3. The van der Waals surface area contributed by atoms with Crippen LogP contribution >= 0.6 is 22.6 Å². The van der Waals surface area contributed by atoms with Gasteiger partial charge in [0.25, 0.3) is 11.6 Å². The van der Waals surface area contributed by atoms with Crippen molar-refractivity contribution in [1.82, 2.24) is 0 Å². The minimum Gasteiger partial charge on any atom is -0.493 e. The summed E-state index contributed by atoms with van der Waals surface area (Å²) >= 11 is 2.10. The van der Waals surface area contributed by atoms with E-state index in [1.165, 1.54) is 31.4 Å². The lowest BCUT2D eigenvalue weighted by molar-refractivity contribution is -0.394. The monoisotopic (exact) mass is 586 g/mol. The van der Waals surface area contributed by atoms with Crippen LogP contribution in [0.15, 0.2) is 66.2 Å². The number of nitro benzene ring substituents is 2. The van der Waals surface area contributed by atoms with E-state index in [1.54, 1.807) is 18.2 Å². The van der Waals surface area contributed by atoms with Crippen molar-refractivity contribution in [3.05, 3.63) is 95.6 Å². The molecule has 0 saturated heterocycles. The average Bonchev–Trinajstić information content (AvgIpc) is 2.83. The maximum Gasteiger partial charge on any atom is 0.318 e. The molecule has 0 aliphatic heterocycles. The first kappa shape index (κ1) is 25.1. The molecule has 3 aromatic carbocycles. The van der Waals surface area contributed by atoms with E-state index in [2.05, 4.69) is 27.9 Å². The van der Waals surface area contributed by atoms with Gasteiger partial charge in [-0.15, -0.1) is 0 Å². The molecule has 0 spiro atoms. The van der Waals surface area contributed by atoms with Crippen molar-refractivity contribution in [3.8, 4) is 23.3 Å². The van der Waals surface area contributed by atoms with E-state index in [4.69, 9.17) is 9.47 Å². The number of nitriles is 1. The Balaban J connectivity index is 1.88. The van der Waals surface area contributed by atoms with E-state index in [9.17, 15) is 30.3 Å². The third kappa shape index (κ3) is 6.30. The van der Waals surface area contributed by atoms with E-state index < -0.39 is 27.1 Å². The highest BCUT2D eigenvalue weighted by Crippen LogP contribution is 2.38. The number of non-ortho nitro benzene ring substituents is 1. The van der Waals surface area contributed by atoms with Crippen LogP contribution in [-0.2, 0) is 4.79 Å². The smallest absolute Gasteiger partial charge is 0.318 e. The second-order valence-corrected chi connectivity index (χ2v) is 8.06. The van der Waals surface area contributed by atoms with Gasteiger partial charge in [0.05, 0.1) is 23.0 Å². The van der Waals surface area contributed by atoms with Crippen LogP contribution < -0.4 is 14.8 Å². The fraction of sp³-hybridized carbons (Fsp3) is 0.0435. The molecular weight excluding hydrogens is 571 g/mol. The van der Waals surface area contributed by atoms with E-state index in [0.29, 0.717) is 11.3 Å². The molecule has 0 heterocycles. The Morgan fingerprint density at radius 2 is 1.77 bits per heavy atom. The molecule has 0 unspecified atom stereocenters. The molecule has 0 radical (unpaired) electrons. The molecule has 3 rings (SSSR count). The molecule has 1 N–H and O–H groups in total. The number of halogens is 1. The fourth-order valence-electron chi connectivity index (χ4n) is 2.90. The number of anilines is 1. The third-order valence-corrected chi connectivity index (χ3v) is 5.19. The Kier molecular flexibility index (Phi) is 7.95. The predicted octanol–water partition coefficient (Wildman–Crippen LogP) is 5.45. The SMILES string of the molecule is COc1cc(/C=C(\C#N)C(=O)Nc2cccc(I)c2)ccc1Oc1ccc([N+](=O)[O-])cc1[N+](=O)[O-]. The lowest BCUT2D eigenvalue weighted by atomic mass is 10.1. The first-order chi connectivity index (χ1) is 16.7. The first-order valence-corrected chi connectivity index (χ1v) is 10.8. The first-order valence-electron chi connectivity index (χ1n) is 9.69. The zero-order valence-corrected chi connectivity index (χ0v) is 20.1. The Morgan fingerprint density at radius 3 is 2.40 bits per heavy atom. The van der Waals surface area contributed by atoms with Gasteiger partial charge in [0, 0.05) is 15.3 Å². The Labute approximate surface area is 212 Å². The quantitative estimate of drug-likeness (QED) is 0.120. The molecule has 1 amide bonds. The van der Waals surface area contributed by atoms with Gasteiger partial charge < -0.3 is 14.8 Å². The summed E-state index contributed by atoms with van der Waals surface area (Å²) in [6.07, 6.45) is 1.35. The van der Waals surface area contributed by atoms with E-state index in [0.717, 1.165) is 21.8 Å². The molecule has 11 nitrogen and oxygen atoms in total. The van der Waals surface area contributed by atoms with Crippen molar-refractivity contribution in [2.24, 2.45) is 0 Å². The zero-order chi connectivity index (χ0) is 25.5. The Morgan fingerprint density at radius 1 is 1.03 bits per heavy atom. The molecular formula is C23H15IN4O7. The highest BCUT2D eigenvalue weighted by Gasteiger charge is 2.22. The molecule has 0 saturated carbocycles. The minimum absolute atomic E-state index is 0.0865. The molecule has 0 aliphatic rings. The van der Waals surface area contributed by atoms with Crippen molar-refractivity contribution in [3.63, 3.8) is 0 Å². The maximum atomic E-state index is 12.5. The van der Waals surface area contributed by atoms with Gasteiger partial charge >= 0.3 is 5.69 Å². The van der Waals surface area contributed by atoms with Crippen molar-refractivity contribution >= 4 is 51.6 Å². The standard InChI is InChI=1S/C23H15IN4O7/c1-34-22-10-14(9-15(13-25)23(29)26-17-4-2-3-16(24)11-17)5-7-21(22)35-20-8-6-18(27(30)31)12-19(20)28(32)33/h2-12H,1H3,(H,26,29)/b15-9+. The van der Waals surface area contributed by atoms with Crippen molar-refractivity contribution in [2.45, 2.75) is 0 Å². The number of methoxy groups -OCH3 is 1. The maximum absolute atomic E-state index is 12.5. The Bertz CT molecular complexity index is 1400. The fourth-order valence-corrected chi connectivity index (χ4v) is 3.45. The summed E-state index contributed by atoms with van der Waals surface area (Å²) in [6.45, 7) is 0. The summed E-state index contributed by atoms with van der Waals surface area (Å²) in [5.74, 6) is -0.586. The second-order valence-electron chi connectivity index (χ2n) is 6.81. The number of ether oxygens (including phenoxy) is 2. The second kappa shape index (κ2) is 11.1. The number of carbonyl (C=O) groups is 1. The molecule has 176 valence electrons. The normalized spacial score (nSPS) is 10.7. The summed E-state index contributed by atoms with van der Waals surface area (Å²) in [5, 5.41) is 34.4. The number of rotatable bonds is 8. The number of hydrogen-bond donors (Lipinski definition) is 1. The number of nitrogens with one attached hydrogen (secondary N) is 1. The van der Waals surface area contributed by atoms with Crippen molar-refractivity contribution < 1.29 is 24.1 Å². The number of hydrogen-bond acceptors (Lipinski definition) is 8. The van der Waals surface area contributed by atoms with Crippen LogP contribution in [0.4, 0.5) is 17.1 Å². The van der Waals surface area contributed by atoms with Gasteiger partial charge in [0.15, 0.2) is 11.5 Å². The van der Waals surface area contributed by atoms with E-state index in [-0.39, 0.29) is 22.8 Å². The van der Waals surface area contributed by atoms with E-state index in [1.807, 2.05) is 12.1 Å². The highest BCUT2D eigenvalue weighted by molar-refractivity contribution is 14.1. The van der Waals surface area contributed by atoms with E-state index >= 15 is 0 Å². The Hall–Kier alpha value is -4.51. The topological polar surface area (TPSA) is 158 Å². The molecule has 0 aliphatic carbocycles. The largest absolute Gasteiger partial charge is 0.493 e. The van der Waals surface area contributed by atoms with Crippen molar-refractivity contribution in [2.75, 3.05) is 12.4 Å².